The first-order valence-electron chi connectivity index (χ1n) is 7.49. The predicted octanol–water partition coefficient (Wildman–Crippen LogP) is 0.587. The van der Waals surface area contributed by atoms with Crippen LogP contribution in [-0.2, 0) is 14.4 Å². The molecule has 1 aromatic rings. The average molecular weight is 357 g/mol. The van der Waals surface area contributed by atoms with Crippen LogP contribution in [0.2, 0.25) is 0 Å². The highest BCUT2D eigenvalue weighted by Gasteiger charge is 2.17. The molecule has 0 radical (unpaired) electrons. The Morgan fingerprint density at radius 1 is 1.12 bits per heavy atom. The molecule has 0 saturated heterocycles. The lowest BCUT2D eigenvalue weighted by atomic mass is 10.1. The molecule has 1 aromatic carbocycles. The van der Waals surface area contributed by atoms with Crippen molar-refractivity contribution in [1.29, 1.82) is 0 Å². The van der Waals surface area contributed by atoms with Crippen molar-refractivity contribution in [3.8, 4) is 0 Å². The zero-order valence-electron chi connectivity index (χ0n) is 14.2. The van der Waals surface area contributed by atoms with Crippen molar-refractivity contribution >= 4 is 35.8 Å². The fourth-order valence-corrected chi connectivity index (χ4v) is 2.10. The van der Waals surface area contributed by atoms with Gasteiger partial charge in [0, 0.05) is 12.2 Å². The summed E-state index contributed by atoms with van der Waals surface area (Å²) in [5, 5.41) is 5.24. The molecule has 24 heavy (non-hydrogen) atoms. The standard InChI is InChI=1S/C16H24N4O3.ClH/c1-4-20(15(23)9-18-13(21)8-17)10-14(22)19-16-11(2)6-5-7-12(16)3;/h5-7H,4,8-10,17H2,1-3H3,(H,18,21)(H,19,22);1H. The molecule has 3 amide bonds. The monoisotopic (exact) mass is 356 g/mol. The highest BCUT2D eigenvalue weighted by Crippen LogP contribution is 2.19. The van der Waals surface area contributed by atoms with E-state index in [0.717, 1.165) is 16.8 Å². The molecule has 0 bridgehead atoms. The number of para-hydroxylation sites is 1. The Balaban J connectivity index is 0.00000529. The molecule has 7 nitrogen and oxygen atoms in total. The maximum Gasteiger partial charge on any atom is 0.244 e. The van der Waals surface area contributed by atoms with Crippen molar-refractivity contribution in [2.45, 2.75) is 20.8 Å². The van der Waals surface area contributed by atoms with E-state index in [1.165, 1.54) is 4.90 Å². The summed E-state index contributed by atoms with van der Waals surface area (Å²) in [4.78, 5) is 36.6. The van der Waals surface area contributed by atoms with Crippen molar-refractivity contribution < 1.29 is 14.4 Å². The third-order valence-electron chi connectivity index (χ3n) is 3.44. The molecule has 0 aliphatic heterocycles. The molecule has 0 heterocycles. The zero-order valence-corrected chi connectivity index (χ0v) is 15.0. The number of carbonyl (C=O) groups excluding carboxylic acids is 3. The molecule has 0 saturated carbocycles. The number of likely N-dealkylation sites (N-methyl/N-ethyl adjacent to an activating group) is 1. The SMILES string of the molecule is CCN(CC(=O)Nc1c(C)cccc1C)C(=O)CNC(=O)CN.Cl. The molecule has 8 heteroatoms. The van der Waals surface area contributed by atoms with E-state index in [0.29, 0.717) is 6.54 Å². The second-order valence-corrected chi connectivity index (χ2v) is 5.20. The first-order chi connectivity index (χ1) is 10.9. The van der Waals surface area contributed by atoms with Crippen molar-refractivity contribution in [3.05, 3.63) is 29.3 Å². The van der Waals surface area contributed by atoms with Gasteiger partial charge in [0.25, 0.3) is 0 Å². The Morgan fingerprint density at radius 2 is 1.71 bits per heavy atom. The number of anilines is 1. The Morgan fingerprint density at radius 3 is 2.21 bits per heavy atom. The molecule has 134 valence electrons. The van der Waals surface area contributed by atoms with E-state index in [1.54, 1.807) is 6.92 Å². The molecule has 0 aromatic heterocycles. The van der Waals surface area contributed by atoms with Gasteiger partial charge in [-0.05, 0) is 31.9 Å². The van der Waals surface area contributed by atoms with Gasteiger partial charge < -0.3 is 21.3 Å². The van der Waals surface area contributed by atoms with E-state index >= 15 is 0 Å². The molecule has 0 aliphatic carbocycles. The first-order valence-corrected chi connectivity index (χ1v) is 7.49. The molecular weight excluding hydrogens is 332 g/mol. The second kappa shape index (κ2) is 10.6. The summed E-state index contributed by atoms with van der Waals surface area (Å²) in [5.41, 5.74) is 7.84. The minimum absolute atomic E-state index is 0. The summed E-state index contributed by atoms with van der Waals surface area (Å²) in [7, 11) is 0. The molecular formula is C16H25ClN4O3. The molecule has 0 atom stereocenters. The van der Waals surface area contributed by atoms with E-state index in [1.807, 2.05) is 32.0 Å². The van der Waals surface area contributed by atoms with Crippen LogP contribution in [0.3, 0.4) is 0 Å². The highest BCUT2D eigenvalue weighted by molar-refractivity contribution is 5.96. The number of carbonyl (C=O) groups is 3. The molecule has 0 spiro atoms. The van der Waals surface area contributed by atoms with E-state index in [-0.39, 0.29) is 43.9 Å². The lowest BCUT2D eigenvalue weighted by Gasteiger charge is -2.21. The van der Waals surface area contributed by atoms with Crippen LogP contribution in [-0.4, -0.2) is 48.8 Å². The van der Waals surface area contributed by atoms with Crippen LogP contribution in [0.15, 0.2) is 18.2 Å². The van der Waals surface area contributed by atoms with Gasteiger partial charge in [0.1, 0.15) is 0 Å². The maximum absolute atomic E-state index is 12.2. The molecule has 0 fully saturated rings. The van der Waals surface area contributed by atoms with Crippen LogP contribution in [0.1, 0.15) is 18.1 Å². The number of halogens is 1. The summed E-state index contributed by atoms with van der Waals surface area (Å²) < 4.78 is 0. The fraction of sp³-hybridized carbons (Fsp3) is 0.438. The third kappa shape index (κ3) is 6.55. The van der Waals surface area contributed by atoms with Gasteiger partial charge in [-0.25, -0.2) is 0 Å². The van der Waals surface area contributed by atoms with Crippen LogP contribution in [0.25, 0.3) is 0 Å². The number of aryl methyl sites for hydroxylation is 2. The van der Waals surface area contributed by atoms with Crippen LogP contribution in [0.4, 0.5) is 5.69 Å². The van der Waals surface area contributed by atoms with Gasteiger partial charge in [0.2, 0.25) is 17.7 Å². The molecule has 1 rings (SSSR count). The van der Waals surface area contributed by atoms with Crippen molar-refractivity contribution in [2.24, 2.45) is 5.73 Å². The van der Waals surface area contributed by atoms with Gasteiger partial charge >= 0.3 is 0 Å². The van der Waals surface area contributed by atoms with E-state index in [9.17, 15) is 14.4 Å². The van der Waals surface area contributed by atoms with Crippen LogP contribution in [0.5, 0.6) is 0 Å². The molecule has 4 N–H and O–H groups in total. The second-order valence-electron chi connectivity index (χ2n) is 5.20. The normalized spacial score (nSPS) is 9.67. The number of hydrogen-bond donors (Lipinski definition) is 3. The number of rotatable bonds is 7. The first kappa shape index (κ1) is 21.9. The van der Waals surface area contributed by atoms with Crippen LogP contribution >= 0.6 is 12.4 Å². The summed E-state index contributed by atoms with van der Waals surface area (Å²) in [5.74, 6) is -1.01. The summed E-state index contributed by atoms with van der Waals surface area (Å²) in [6.45, 7) is 5.56. The number of nitrogens with zero attached hydrogens (tertiary/aromatic N) is 1. The summed E-state index contributed by atoms with van der Waals surface area (Å²) in [6.07, 6.45) is 0. The van der Waals surface area contributed by atoms with Gasteiger partial charge in [-0.1, -0.05) is 18.2 Å². The van der Waals surface area contributed by atoms with Gasteiger partial charge in [0.05, 0.1) is 19.6 Å². The van der Waals surface area contributed by atoms with Crippen molar-refractivity contribution in [2.75, 3.05) is 31.5 Å². The lowest BCUT2D eigenvalue weighted by molar-refractivity contribution is -0.135. The molecule has 0 unspecified atom stereocenters. The highest BCUT2D eigenvalue weighted by atomic mass is 35.5. The largest absolute Gasteiger partial charge is 0.346 e. The Bertz CT molecular complexity index is 572. The van der Waals surface area contributed by atoms with Gasteiger partial charge in [0.15, 0.2) is 0 Å². The van der Waals surface area contributed by atoms with Crippen molar-refractivity contribution in [3.63, 3.8) is 0 Å². The Kier molecular flexibility index (Phi) is 9.68. The number of nitrogens with one attached hydrogen (secondary N) is 2. The molecule has 0 aliphatic rings. The smallest absolute Gasteiger partial charge is 0.244 e. The van der Waals surface area contributed by atoms with Crippen LogP contribution in [0, 0.1) is 13.8 Å². The number of amides is 3. The Labute approximate surface area is 148 Å². The number of nitrogens with two attached hydrogens (primary N) is 1. The van der Waals surface area contributed by atoms with E-state index in [4.69, 9.17) is 5.73 Å². The minimum Gasteiger partial charge on any atom is -0.346 e. The number of hydrogen-bond acceptors (Lipinski definition) is 4. The van der Waals surface area contributed by atoms with Gasteiger partial charge in [-0.15, -0.1) is 12.4 Å². The van der Waals surface area contributed by atoms with Crippen LogP contribution < -0.4 is 16.4 Å². The Hall–Kier alpha value is -2.12. The summed E-state index contributed by atoms with van der Waals surface area (Å²) >= 11 is 0. The van der Waals surface area contributed by atoms with E-state index in [2.05, 4.69) is 10.6 Å². The minimum atomic E-state index is -0.408. The fourth-order valence-electron chi connectivity index (χ4n) is 2.10. The topological polar surface area (TPSA) is 105 Å². The van der Waals surface area contributed by atoms with Gasteiger partial charge in [-0.2, -0.15) is 0 Å². The maximum atomic E-state index is 12.2. The zero-order chi connectivity index (χ0) is 17.4. The third-order valence-corrected chi connectivity index (χ3v) is 3.44. The quantitative estimate of drug-likeness (QED) is 0.664. The average Bonchev–Trinajstić information content (AvgIpc) is 2.53. The van der Waals surface area contributed by atoms with Crippen molar-refractivity contribution in [1.82, 2.24) is 10.2 Å². The lowest BCUT2D eigenvalue weighted by Crippen LogP contribution is -2.44. The summed E-state index contributed by atoms with van der Waals surface area (Å²) in [6, 6.07) is 5.74. The number of benzene rings is 1. The predicted molar refractivity (Wildman–Crippen MR) is 96.1 cm³/mol. The van der Waals surface area contributed by atoms with Gasteiger partial charge in [-0.3, -0.25) is 14.4 Å². The van der Waals surface area contributed by atoms with E-state index < -0.39 is 5.91 Å².